The molecule has 1 N–H and O–H groups in total. The number of halogens is 3. The number of nitrogens with zero attached hydrogens (tertiary/aromatic N) is 6. The van der Waals surface area contributed by atoms with Crippen LogP contribution in [0.2, 0.25) is 5.02 Å². The second-order valence-electron chi connectivity index (χ2n) is 8.43. The molecule has 0 aliphatic carbocycles. The molecule has 0 saturated carbocycles. The molecular weight excluding hydrogens is 480 g/mol. The van der Waals surface area contributed by atoms with Crippen LogP contribution in [0.1, 0.15) is 42.8 Å². The lowest BCUT2D eigenvalue weighted by molar-refractivity contribution is -0.131. The fraction of sp³-hybridized carbons (Fsp3) is 0.435. The highest BCUT2D eigenvalue weighted by molar-refractivity contribution is 6.31. The largest absolute Gasteiger partial charge is 0.481 e. The number of nitrogens with one attached hydrogen (secondary N) is 1. The van der Waals surface area contributed by atoms with E-state index >= 15 is 0 Å². The zero-order valence-electron chi connectivity index (χ0n) is 19.8. The molecule has 3 aromatic rings. The van der Waals surface area contributed by atoms with Crippen molar-refractivity contribution in [3.05, 3.63) is 46.5 Å². The van der Waals surface area contributed by atoms with Crippen molar-refractivity contribution in [2.24, 2.45) is 7.05 Å². The van der Waals surface area contributed by atoms with Gasteiger partial charge in [0.1, 0.15) is 5.82 Å². The van der Waals surface area contributed by atoms with Gasteiger partial charge in [0.25, 0.3) is 6.43 Å². The number of aromatic nitrogens is 5. The average molecular weight is 506 g/mol. The first kappa shape index (κ1) is 24.8. The molecule has 35 heavy (non-hydrogen) atoms. The first-order valence-electron chi connectivity index (χ1n) is 11.1. The molecule has 0 unspecified atom stereocenters. The maximum atomic E-state index is 13.1. The number of rotatable bonds is 7. The minimum Gasteiger partial charge on any atom is -0.481 e. The fourth-order valence-corrected chi connectivity index (χ4v) is 4.42. The van der Waals surface area contributed by atoms with Gasteiger partial charge in [0, 0.05) is 44.0 Å². The van der Waals surface area contributed by atoms with Gasteiger partial charge >= 0.3 is 0 Å². The van der Waals surface area contributed by atoms with Crippen molar-refractivity contribution in [1.29, 1.82) is 0 Å². The first-order valence-corrected chi connectivity index (χ1v) is 11.5. The lowest BCUT2D eigenvalue weighted by Gasteiger charge is -2.22. The SMILES string of the molecule is COc1cc([C@H](C)C(=O)N2CC[C@H](Nc3ccc(-c4nc(C(F)F)n(C)n4)c(C)n3)C2)c(Cl)cn1. The molecule has 4 heterocycles. The summed E-state index contributed by atoms with van der Waals surface area (Å²) in [5.41, 5.74) is 1.87. The maximum Gasteiger partial charge on any atom is 0.297 e. The molecular formula is C23H26ClF2N7O2. The molecule has 4 rings (SSSR count). The van der Waals surface area contributed by atoms with Gasteiger partial charge in [0.05, 0.1) is 23.7 Å². The zero-order valence-corrected chi connectivity index (χ0v) is 20.6. The normalized spacial score (nSPS) is 16.6. The van der Waals surface area contributed by atoms with Gasteiger partial charge in [-0.2, -0.15) is 5.10 Å². The maximum absolute atomic E-state index is 13.1. The van der Waals surface area contributed by atoms with Gasteiger partial charge in [-0.1, -0.05) is 11.6 Å². The summed E-state index contributed by atoms with van der Waals surface area (Å²) in [6.07, 6.45) is -0.462. The molecule has 12 heteroatoms. The molecule has 0 radical (unpaired) electrons. The van der Waals surface area contributed by atoms with Crippen LogP contribution in [-0.4, -0.2) is 61.8 Å². The van der Waals surface area contributed by atoms with E-state index in [1.807, 2.05) is 6.92 Å². The van der Waals surface area contributed by atoms with E-state index in [2.05, 4.69) is 25.4 Å². The number of likely N-dealkylation sites (tertiary alicyclic amines) is 1. The summed E-state index contributed by atoms with van der Waals surface area (Å²) in [6.45, 7) is 4.72. The minimum atomic E-state index is -2.71. The number of hydrogen-bond donors (Lipinski definition) is 1. The van der Waals surface area contributed by atoms with Gasteiger partial charge in [-0.15, -0.1) is 0 Å². The van der Waals surface area contributed by atoms with Crippen molar-refractivity contribution in [2.75, 3.05) is 25.5 Å². The molecule has 9 nitrogen and oxygen atoms in total. The first-order chi connectivity index (χ1) is 16.7. The minimum absolute atomic E-state index is 0.0183. The number of ether oxygens (including phenoxy) is 1. The van der Waals surface area contributed by atoms with Crippen LogP contribution in [-0.2, 0) is 11.8 Å². The molecule has 186 valence electrons. The summed E-state index contributed by atoms with van der Waals surface area (Å²) < 4.78 is 32.3. The van der Waals surface area contributed by atoms with Crippen LogP contribution in [0.15, 0.2) is 24.4 Å². The topological polar surface area (TPSA) is 98.1 Å². The molecule has 1 amide bonds. The van der Waals surface area contributed by atoms with Gasteiger partial charge in [-0.3, -0.25) is 4.79 Å². The fourth-order valence-electron chi connectivity index (χ4n) is 4.15. The Morgan fingerprint density at radius 2 is 2.09 bits per heavy atom. The van der Waals surface area contributed by atoms with Crippen molar-refractivity contribution in [3.8, 4) is 17.3 Å². The van der Waals surface area contributed by atoms with E-state index in [0.717, 1.165) is 11.1 Å². The Kier molecular flexibility index (Phi) is 7.15. The molecule has 1 aliphatic heterocycles. The van der Waals surface area contributed by atoms with Gasteiger partial charge < -0.3 is 15.0 Å². The van der Waals surface area contributed by atoms with E-state index in [1.165, 1.54) is 20.4 Å². The van der Waals surface area contributed by atoms with Gasteiger partial charge in [-0.05, 0) is 38.0 Å². The second kappa shape index (κ2) is 10.1. The van der Waals surface area contributed by atoms with Crippen molar-refractivity contribution in [1.82, 2.24) is 29.6 Å². The smallest absolute Gasteiger partial charge is 0.297 e. The number of hydrogen-bond acceptors (Lipinski definition) is 7. The molecule has 1 saturated heterocycles. The summed E-state index contributed by atoms with van der Waals surface area (Å²) in [5.74, 6) is 0.379. The van der Waals surface area contributed by atoms with Gasteiger partial charge in [0.15, 0.2) is 11.6 Å². The Balaban J connectivity index is 1.41. The molecule has 1 fully saturated rings. The summed E-state index contributed by atoms with van der Waals surface area (Å²) in [7, 11) is 2.95. The third kappa shape index (κ3) is 5.19. The molecule has 0 aromatic carbocycles. The van der Waals surface area contributed by atoms with Crippen LogP contribution >= 0.6 is 11.6 Å². The van der Waals surface area contributed by atoms with Gasteiger partial charge in [-0.25, -0.2) is 28.4 Å². The quantitative estimate of drug-likeness (QED) is 0.518. The van der Waals surface area contributed by atoms with Crippen LogP contribution in [0.25, 0.3) is 11.4 Å². The Labute approximate surface area is 206 Å². The van der Waals surface area contributed by atoms with Crippen LogP contribution in [0.3, 0.4) is 0 Å². The summed E-state index contributed by atoms with van der Waals surface area (Å²) >= 11 is 6.28. The highest BCUT2D eigenvalue weighted by Crippen LogP contribution is 2.30. The van der Waals surface area contributed by atoms with E-state index in [0.29, 0.717) is 46.6 Å². The lowest BCUT2D eigenvalue weighted by atomic mass is 10.0. The van der Waals surface area contributed by atoms with Crippen molar-refractivity contribution >= 4 is 23.3 Å². The Bertz CT molecular complexity index is 1240. The molecule has 0 spiro atoms. The Hall–Kier alpha value is -3.34. The standard InChI is InChI=1S/C23H26ClF2N7O2/c1-12(16-9-19(35-4)27-10-17(16)24)23(34)33-8-7-14(11-33)29-18-6-5-15(13(2)28-18)21-30-22(20(25)26)32(3)31-21/h5-6,9-10,12,14,20H,7-8,11H2,1-4H3,(H,28,29)/t12-,14-/m0/s1. The van der Waals surface area contributed by atoms with E-state index in [1.54, 1.807) is 30.0 Å². The van der Waals surface area contributed by atoms with Crippen LogP contribution in [0, 0.1) is 6.92 Å². The van der Waals surface area contributed by atoms with Gasteiger partial charge in [0.2, 0.25) is 11.8 Å². The second-order valence-corrected chi connectivity index (χ2v) is 8.84. The molecule has 3 aromatic heterocycles. The Morgan fingerprint density at radius 3 is 2.74 bits per heavy atom. The predicted molar refractivity (Wildman–Crippen MR) is 127 cm³/mol. The predicted octanol–water partition coefficient (Wildman–Crippen LogP) is 4.00. The number of methoxy groups -OCH3 is 1. The van der Waals surface area contributed by atoms with Crippen molar-refractivity contribution < 1.29 is 18.3 Å². The number of alkyl halides is 2. The highest BCUT2D eigenvalue weighted by atomic mass is 35.5. The number of carbonyl (C=O) groups is 1. The number of carbonyl (C=O) groups excluding carboxylic acids is 1. The van der Waals surface area contributed by atoms with Crippen LogP contribution in [0.4, 0.5) is 14.6 Å². The third-order valence-corrected chi connectivity index (χ3v) is 6.39. The molecule has 2 atom stereocenters. The average Bonchev–Trinajstić information content (AvgIpc) is 3.45. The number of aryl methyl sites for hydroxylation is 2. The van der Waals surface area contributed by atoms with Crippen LogP contribution in [0.5, 0.6) is 5.88 Å². The third-order valence-electron chi connectivity index (χ3n) is 6.08. The Morgan fingerprint density at radius 1 is 1.31 bits per heavy atom. The highest BCUT2D eigenvalue weighted by Gasteiger charge is 2.31. The van der Waals surface area contributed by atoms with Crippen LogP contribution < -0.4 is 10.1 Å². The lowest BCUT2D eigenvalue weighted by Crippen LogP contribution is -2.34. The number of amides is 1. The van der Waals surface area contributed by atoms with E-state index < -0.39 is 18.2 Å². The number of anilines is 1. The molecule has 1 aliphatic rings. The number of pyridine rings is 2. The van der Waals surface area contributed by atoms with E-state index in [4.69, 9.17) is 16.3 Å². The summed E-state index contributed by atoms with van der Waals surface area (Å²) in [4.78, 5) is 27.5. The van der Waals surface area contributed by atoms with Crippen molar-refractivity contribution in [2.45, 2.75) is 38.7 Å². The zero-order chi connectivity index (χ0) is 25.3. The van der Waals surface area contributed by atoms with Crippen molar-refractivity contribution in [3.63, 3.8) is 0 Å². The summed E-state index contributed by atoms with van der Waals surface area (Å²) in [5, 5.41) is 7.86. The molecule has 0 bridgehead atoms. The van der Waals surface area contributed by atoms with E-state index in [-0.39, 0.29) is 17.8 Å². The monoisotopic (exact) mass is 505 g/mol. The summed E-state index contributed by atoms with van der Waals surface area (Å²) in [6, 6.07) is 5.22. The van der Waals surface area contributed by atoms with E-state index in [9.17, 15) is 13.6 Å².